The van der Waals surface area contributed by atoms with Gasteiger partial charge in [0.15, 0.2) is 0 Å². The van der Waals surface area contributed by atoms with Gasteiger partial charge >= 0.3 is 0 Å². The minimum absolute atomic E-state index is 0.204. The molecule has 0 aliphatic carbocycles. The molecule has 0 spiro atoms. The average Bonchev–Trinajstić information content (AvgIpc) is 2.32. The molecule has 2 nitrogen and oxygen atoms in total. The molecule has 0 saturated carbocycles. The molecule has 0 amide bonds. The van der Waals surface area contributed by atoms with Gasteiger partial charge in [-0.3, -0.25) is 4.98 Å². The van der Waals surface area contributed by atoms with E-state index in [0.717, 1.165) is 17.7 Å². The predicted octanol–water partition coefficient (Wildman–Crippen LogP) is 3.53. The molecule has 17 heavy (non-hydrogen) atoms. The van der Waals surface area contributed by atoms with Crippen molar-refractivity contribution < 1.29 is 4.39 Å². The lowest BCUT2D eigenvalue weighted by Gasteiger charge is -2.07. The topological polar surface area (TPSA) is 24.9 Å². The molecular formula is C13H12ClFN2. The van der Waals surface area contributed by atoms with Crippen LogP contribution in [0.3, 0.4) is 0 Å². The van der Waals surface area contributed by atoms with Gasteiger partial charge in [-0.15, -0.1) is 0 Å². The van der Waals surface area contributed by atoms with Gasteiger partial charge in [0.1, 0.15) is 5.82 Å². The highest BCUT2D eigenvalue weighted by Crippen LogP contribution is 2.18. The Morgan fingerprint density at radius 1 is 1.29 bits per heavy atom. The lowest BCUT2D eigenvalue weighted by molar-refractivity contribution is 0.625. The number of anilines is 1. The van der Waals surface area contributed by atoms with Crippen molar-refractivity contribution in [1.82, 2.24) is 4.98 Å². The molecule has 0 unspecified atom stereocenters. The van der Waals surface area contributed by atoms with Gasteiger partial charge in [0.2, 0.25) is 0 Å². The van der Waals surface area contributed by atoms with Crippen molar-refractivity contribution in [3.05, 3.63) is 59.1 Å². The number of rotatable bonds is 4. The van der Waals surface area contributed by atoms with Crippen LogP contribution in [0, 0.1) is 5.82 Å². The van der Waals surface area contributed by atoms with E-state index in [2.05, 4.69) is 10.3 Å². The summed E-state index contributed by atoms with van der Waals surface area (Å²) in [6, 6.07) is 8.41. The van der Waals surface area contributed by atoms with E-state index in [1.54, 1.807) is 18.5 Å². The molecule has 1 N–H and O–H groups in total. The fraction of sp³-hybridized carbons (Fsp3) is 0.154. The maximum atomic E-state index is 12.9. The summed E-state index contributed by atoms with van der Waals surface area (Å²) < 4.78 is 12.9. The Morgan fingerprint density at radius 2 is 2.18 bits per heavy atom. The summed E-state index contributed by atoms with van der Waals surface area (Å²) in [6.45, 7) is 0.702. The average molecular weight is 251 g/mol. The van der Waals surface area contributed by atoms with E-state index in [9.17, 15) is 4.39 Å². The third-order valence-corrected chi connectivity index (χ3v) is 2.69. The van der Waals surface area contributed by atoms with Crippen LogP contribution in [-0.2, 0) is 6.42 Å². The number of hydrogen-bond donors (Lipinski definition) is 1. The van der Waals surface area contributed by atoms with Crippen LogP contribution in [-0.4, -0.2) is 11.5 Å². The second kappa shape index (κ2) is 5.64. The minimum atomic E-state index is -0.204. The Balaban J connectivity index is 1.90. The van der Waals surface area contributed by atoms with E-state index in [4.69, 9.17) is 11.6 Å². The number of nitrogens with zero attached hydrogens (tertiary/aromatic N) is 1. The van der Waals surface area contributed by atoms with E-state index >= 15 is 0 Å². The van der Waals surface area contributed by atoms with Crippen LogP contribution in [0.15, 0.2) is 42.7 Å². The van der Waals surface area contributed by atoms with Crippen LogP contribution < -0.4 is 5.32 Å². The molecule has 4 heteroatoms. The number of benzene rings is 1. The molecule has 0 aliphatic heterocycles. The zero-order valence-corrected chi connectivity index (χ0v) is 9.91. The molecule has 0 fully saturated rings. The van der Waals surface area contributed by atoms with Gasteiger partial charge in [-0.2, -0.15) is 0 Å². The molecule has 88 valence electrons. The zero-order valence-electron chi connectivity index (χ0n) is 9.16. The summed E-state index contributed by atoms with van der Waals surface area (Å²) in [5.74, 6) is -0.204. The first kappa shape index (κ1) is 11.9. The Morgan fingerprint density at radius 3 is 2.94 bits per heavy atom. The van der Waals surface area contributed by atoms with Crippen molar-refractivity contribution in [2.75, 3.05) is 11.9 Å². The Bertz CT molecular complexity index is 502. The van der Waals surface area contributed by atoms with Gasteiger partial charge in [-0.05, 0) is 30.2 Å². The van der Waals surface area contributed by atoms with E-state index in [1.165, 1.54) is 12.1 Å². The zero-order chi connectivity index (χ0) is 12.1. The third-order valence-electron chi connectivity index (χ3n) is 2.39. The van der Waals surface area contributed by atoms with Crippen LogP contribution in [0.5, 0.6) is 0 Å². The number of nitrogens with one attached hydrogen (secondary N) is 1. The van der Waals surface area contributed by atoms with Crippen LogP contribution in [0.25, 0.3) is 0 Å². The fourth-order valence-corrected chi connectivity index (χ4v) is 1.74. The second-order valence-electron chi connectivity index (χ2n) is 3.66. The molecule has 0 aliphatic rings. The third kappa shape index (κ3) is 3.43. The smallest absolute Gasteiger partial charge is 0.123 e. The molecule has 0 bridgehead atoms. The van der Waals surface area contributed by atoms with Gasteiger partial charge < -0.3 is 5.32 Å². The first-order chi connectivity index (χ1) is 8.25. The van der Waals surface area contributed by atoms with E-state index < -0.39 is 0 Å². The molecule has 1 heterocycles. The predicted molar refractivity (Wildman–Crippen MR) is 67.8 cm³/mol. The van der Waals surface area contributed by atoms with E-state index in [1.807, 2.05) is 12.1 Å². The Hall–Kier alpha value is -1.61. The Kier molecular flexibility index (Phi) is 3.94. The first-order valence-corrected chi connectivity index (χ1v) is 5.71. The lowest BCUT2D eigenvalue weighted by atomic mass is 10.1. The van der Waals surface area contributed by atoms with Gasteiger partial charge in [0.25, 0.3) is 0 Å². The minimum Gasteiger partial charge on any atom is -0.383 e. The second-order valence-corrected chi connectivity index (χ2v) is 4.07. The van der Waals surface area contributed by atoms with Gasteiger partial charge in [0, 0.05) is 18.9 Å². The maximum absolute atomic E-state index is 12.9. The van der Waals surface area contributed by atoms with Crippen molar-refractivity contribution in [2.24, 2.45) is 0 Å². The summed E-state index contributed by atoms with van der Waals surface area (Å²) in [5.41, 5.74) is 1.81. The molecule has 0 radical (unpaired) electrons. The van der Waals surface area contributed by atoms with Crippen LogP contribution in [0.4, 0.5) is 10.1 Å². The first-order valence-electron chi connectivity index (χ1n) is 5.33. The maximum Gasteiger partial charge on any atom is 0.123 e. The van der Waals surface area contributed by atoms with E-state index in [-0.39, 0.29) is 5.82 Å². The molecule has 2 aromatic rings. The standard InChI is InChI=1S/C13H12ClFN2/c14-12-9-16-6-5-13(12)17-7-4-10-2-1-3-11(15)8-10/h1-3,5-6,8-9H,4,7H2,(H,16,17). The largest absolute Gasteiger partial charge is 0.383 e. The quantitative estimate of drug-likeness (QED) is 0.898. The van der Waals surface area contributed by atoms with Crippen LogP contribution in [0.1, 0.15) is 5.56 Å². The summed E-state index contributed by atoms with van der Waals surface area (Å²) >= 11 is 5.95. The van der Waals surface area contributed by atoms with E-state index in [0.29, 0.717) is 11.6 Å². The fourth-order valence-electron chi connectivity index (χ4n) is 1.55. The van der Waals surface area contributed by atoms with Gasteiger partial charge in [-0.25, -0.2) is 4.39 Å². The number of hydrogen-bond acceptors (Lipinski definition) is 2. The van der Waals surface area contributed by atoms with Crippen molar-refractivity contribution in [2.45, 2.75) is 6.42 Å². The van der Waals surface area contributed by atoms with Crippen LogP contribution >= 0.6 is 11.6 Å². The van der Waals surface area contributed by atoms with Gasteiger partial charge in [0.05, 0.1) is 10.7 Å². The highest BCUT2D eigenvalue weighted by Gasteiger charge is 1.99. The monoisotopic (exact) mass is 250 g/mol. The Labute approximate surface area is 104 Å². The molecule has 2 rings (SSSR count). The molecule has 0 atom stereocenters. The summed E-state index contributed by atoms with van der Waals surface area (Å²) in [6.07, 6.45) is 4.01. The lowest BCUT2D eigenvalue weighted by Crippen LogP contribution is -2.05. The summed E-state index contributed by atoms with van der Waals surface area (Å²) in [4.78, 5) is 3.90. The highest BCUT2D eigenvalue weighted by molar-refractivity contribution is 6.33. The van der Waals surface area contributed by atoms with Crippen molar-refractivity contribution >= 4 is 17.3 Å². The van der Waals surface area contributed by atoms with Crippen LogP contribution in [0.2, 0.25) is 5.02 Å². The molecule has 0 saturated heterocycles. The normalized spacial score (nSPS) is 10.2. The van der Waals surface area contributed by atoms with Crippen molar-refractivity contribution in [3.63, 3.8) is 0 Å². The highest BCUT2D eigenvalue weighted by atomic mass is 35.5. The SMILES string of the molecule is Fc1cccc(CCNc2ccncc2Cl)c1. The summed E-state index contributed by atoms with van der Waals surface area (Å²) in [5, 5.41) is 3.78. The number of halogens is 2. The van der Waals surface area contributed by atoms with Crippen molar-refractivity contribution in [1.29, 1.82) is 0 Å². The molecule has 1 aromatic carbocycles. The number of aromatic nitrogens is 1. The van der Waals surface area contributed by atoms with Crippen molar-refractivity contribution in [3.8, 4) is 0 Å². The number of pyridine rings is 1. The molecular weight excluding hydrogens is 239 g/mol. The molecule has 1 aromatic heterocycles. The summed E-state index contributed by atoms with van der Waals surface area (Å²) in [7, 11) is 0. The van der Waals surface area contributed by atoms with Gasteiger partial charge in [-0.1, -0.05) is 23.7 Å².